The molecular formula is C22H23FN2O3S2. The third kappa shape index (κ3) is 4.88. The molecule has 0 unspecified atom stereocenters. The third-order valence-corrected chi connectivity index (χ3v) is 8.00. The molecule has 2 aromatic carbocycles. The second-order valence-corrected chi connectivity index (χ2v) is 10.1. The van der Waals surface area contributed by atoms with Crippen LogP contribution in [0.25, 0.3) is 0 Å². The normalized spacial score (nSPS) is 12.4. The van der Waals surface area contributed by atoms with Crippen LogP contribution >= 0.6 is 11.3 Å². The molecule has 1 N–H and O–H groups in total. The molecule has 1 atom stereocenters. The molecule has 3 aromatic rings. The maximum atomic E-state index is 13.4. The predicted molar refractivity (Wildman–Crippen MR) is 118 cm³/mol. The van der Waals surface area contributed by atoms with Crippen LogP contribution in [0.5, 0.6) is 0 Å². The van der Waals surface area contributed by atoms with E-state index in [1.807, 2.05) is 39.0 Å². The summed E-state index contributed by atoms with van der Waals surface area (Å²) < 4.78 is 40.7. The Hall–Kier alpha value is -2.71. The third-order valence-electron chi connectivity index (χ3n) is 4.85. The fourth-order valence-corrected chi connectivity index (χ4v) is 5.50. The highest BCUT2D eigenvalue weighted by Gasteiger charge is 2.28. The molecule has 1 aromatic heterocycles. The summed E-state index contributed by atoms with van der Waals surface area (Å²) in [5, 5.41) is 4.51. The largest absolute Gasteiger partial charge is 0.348 e. The van der Waals surface area contributed by atoms with Crippen LogP contribution in [0.4, 0.5) is 10.1 Å². The number of nitrogens with zero attached hydrogens (tertiary/aromatic N) is 1. The number of nitrogens with one attached hydrogen (secondary N) is 1. The van der Waals surface area contributed by atoms with E-state index in [0.717, 1.165) is 32.3 Å². The van der Waals surface area contributed by atoms with Crippen LogP contribution in [0.15, 0.2) is 64.2 Å². The zero-order valence-electron chi connectivity index (χ0n) is 16.9. The van der Waals surface area contributed by atoms with Gasteiger partial charge in [0.1, 0.15) is 16.6 Å². The predicted octanol–water partition coefficient (Wildman–Crippen LogP) is 4.58. The minimum absolute atomic E-state index is 0.113. The van der Waals surface area contributed by atoms with Crippen LogP contribution in [0, 0.1) is 19.7 Å². The van der Waals surface area contributed by atoms with E-state index < -0.39 is 28.3 Å². The lowest BCUT2D eigenvalue weighted by molar-refractivity contribution is -0.120. The number of carbonyl (C=O) groups is 1. The van der Waals surface area contributed by atoms with Crippen LogP contribution in [-0.2, 0) is 14.8 Å². The molecule has 0 aliphatic carbocycles. The van der Waals surface area contributed by atoms with Gasteiger partial charge in [-0.3, -0.25) is 9.10 Å². The number of hydrogen-bond donors (Lipinski definition) is 1. The van der Waals surface area contributed by atoms with Gasteiger partial charge in [0.15, 0.2) is 0 Å². The first-order chi connectivity index (χ1) is 14.2. The number of hydrogen-bond acceptors (Lipinski definition) is 4. The molecule has 30 heavy (non-hydrogen) atoms. The minimum Gasteiger partial charge on any atom is -0.348 e. The van der Waals surface area contributed by atoms with Gasteiger partial charge in [0.05, 0.1) is 11.7 Å². The molecule has 1 heterocycles. The van der Waals surface area contributed by atoms with Crippen molar-refractivity contribution >= 4 is 33.0 Å². The molecule has 0 fully saturated rings. The lowest BCUT2D eigenvalue weighted by Crippen LogP contribution is -2.41. The molecule has 8 heteroatoms. The Labute approximate surface area is 180 Å². The van der Waals surface area contributed by atoms with E-state index in [0.29, 0.717) is 0 Å². The molecule has 0 saturated heterocycles. The topological polar surface area (TPSA) is 66.5 Å². The first-order valence-corrected chi connectivity index (χ1v) is 11.7. The smallest absolute Gasteiger partial charge is 0.274 e. The zero-order valence-corrected chi connectivity index (χ0v) is 18.6. The molecule has 3 rings (SSSR count). The number of aryl methyl sites for hydroxylation is 2. The van der Waals surface area contributed by atoms with E-state index in [1.165, 1.54) is 30.3 Å². The number of sulfonamides is 1. The highest BCUT2D eigenvalue weighted by Crippen LogP contribution is 2.27. The van der Waals surface area contributed by atoms with Crippen molar-refractivity contribution < 1.29 is 17.6 Å². The maximum Gasteiger partial charge on any atom is 0.274 e. The average Bonchev–Trinajstić information content (AvgIpc) is 3.24. The molecule has 158 valence electrons. The van der Waals surface area contributed by atoms with Gasteiger partial charge in [-0.05, 0) is 73.2 Å². The van der Waals surface area contributed by atoms with E-state index in [1.54, 1.807) is 11.4 Å². The van der Waals surface area contributed by atoms with Crippen molar-refractivity contribution in [3.05, 3.63) is 82.5 Å². The zero-order chi connectivity index (χ0) is 21.9. The van der Waals surface area contributed by atoms with Crippen LogP contribution < -0.4 is 9.62 Å². The second kappa shape index (κ2) is 8.97. The van der Waals surface area contributed by atoms with E-state index >= 15 is 0 Å². The van der Waals surface area contributed by atoms with Gasteiger partial charge >= 0.3 is 0 Å². The van der Waals surface area contributed by atoms with Gasteiger partial charge in [0, 0.05) is 0 Å². The summed E-state index contributed by atoms with van der Waals surface area (Å²) >= 11 is 1.06. The molecule has 0 radical (unpaired) electrons. The number of carbonyl (C=O) groups excluding carboxylic acids is 1. The molecule has 5 nitrogen and oxygen atoms in total. The molecule has 0 aliphatic rings. The standard InChI is InChI=1S/C22H23FN2O3S2/c1-15-6-7-18(13-16(15)2)17(3)24-21(26)14-25(20-10-8-19(23)9-11-20)30(27,28)22-5-4-12-29-22/h4-13,17H,14H2,1-3H3,(H,24,26)/t17-/m1/s1. The Bertz CT molecular complexity index is 1130. The fourth-order valence-electron chi connectivity index (χ4n) is 2.98. The van der Waals surface area contributed by atoms with Gasteiger partial charge < -0.3 is 5.32 Å². The van der Waals surface area contributed by atoms with Crippen LogP contribution in [0.1, 0.15) is 29.7 Å². The van der Waals surface area contributed by atoms with E-state index in [4.69, 9.17) is 0 Å². The summed E-state index contributed by atoms with van der Waals surface area (Å²) in [7, 11) is -3.96. The summed E-state index contributed by atoms with van der Waals surface area (Å²) in [6.07, 6.45) is 0. The van der Waals surface area contributed by atoms with Crippen molar-refractivity contribution in [3.63, 3.8) is 0 Å². The molecule has 0 aliphatic heterocycles. The second-order valence-electron chi connectivity index (χ2n) is 7.05. The molecular weight excluding hydrogens is 423 g/mol. The Morgan fingerprint density at radius 1 is 1.10 bits per heavy atom. The highest BCUT2D eigenvalue weighted by atomic mass is 32.2. The number of rotatable bonds is 7. The van der Waals surface area contributed by atoms with Crippen molar-refractivity contribution in [1.29, 1.82) is 0 Å². The molecule has 0 saturated carbocycles. The van der Waals surface area contributed by atoms with Crippen molar-refractivity contribution in [1.82, 2.24) is 5.32 Å². The number of halogens is 1. The average molecular weight is 447 g/mol. The molecule has 1 amide bonds. The quantitative estimate of drug-likeness (QED) is 0.578. The lowest BCUT2D eigenvalue weighted by Gasteiger charge is -2.24. The van der Waals surface area contributed by atoms with E-state index in [9.17, 15) is 17.6 Å². The summed E-state index contributed by atoms with van der Waals surface area (Å²) in [4.78, 5) is 12.8. The van der Waals surface area contributed by atoms with Gasteiger partial charge in [-0.2, -0.15) is 0 Å². The Morgan fingerprint density at radius 2 is 1.80 bits per heavy atom. The van der Waals surface area contributed by atoms with Crippen LogP contribution in [0.3, 0.4) is 0 Å². The van der Waals surface area contributed by atoms with Crippen LogP contribution in [0.2, 0.25) is 0 Å². The summed E-state index contributed by atoms with van der Waals surface area (Å²) in [5.74, 6) is -0.940. The van der Waals surface area contributed by atoms with Gasteiger partial charge in [-0.25, -0.2) is 12.8 Å². The number of thiophene rings is 1. The Balaban J connectivity index is 1.84. The number of benzene rings is 2. The van der Waals surface area contributed by atoms with Crippen molar-refractivity contribution in [2.24, 2.45) is 0 Å². The van der Waals surface area contributed by atoms with Crippen LogP contribution in [-0.4, -0.2) is 20.9 Å². The maximum absolute atomic E-state index is 13.4. The minimum atomic E-state index is -3.96. The fraction of sp³-hybridized carbons (Fsp3) is 0.227. The van der Waals surface area contributed by atoms with Crippen molar-refractivity contribution in [2.75, 3.05) is 10.8 Å². The first kappa shape index (κ1) is 22.0. The lowest BCUT2D eigenvalue weighted by atomic mass is 10.0. The Morgan fingerprint density at radius 3 is 2.40 bits per heavy atom. The molecule has 0 spiro atoms. The highest BCUT2D eigenvalue weighted by molar-refractivity contribution is 7.94. The van der Waals surface area contributed by atoms with E-state index in [-0.39, 0.29) is 15.9 Å². The monoisotopic (exact) mass is 446 g/mol. The summed E-state index contributed by atoms with van der Waals surface area (Å²) in [6.45, 7) is 5.44. The summed E-state index contributed by atoms with van der Waals surface area (Å²) in [6, 6.07) is 13.8. The van der Waals surface area contributed by atoms with Gasteiger partial charge in [-0.1, -0.05) is 24.3 Å². The number of anilines is 1. The Kier molecular flexibility index (Phi) is 6.58. The van der Waals surface area contributed by atoms with Crippen molar-refractivity contribution in [2.45, 2.75) is 31.0 Å². The van der Waals surface area contributed by atoms with Gasteiger partial charge in [0.25, 0.3) is 10.0 Å². The first-order valence-electron chi connectivity index (χ1n) is 9.37. The SMILES string of the molecule is Cc1ccc([C@@H](C)NC(=O)CN(c2ccc(F)cc2)S(=O)(=O)c2cccs2)cc1C. The van der Waals surface area contributed by atoms with Gasteiger partial charge in [-0.15, -0.1) is 11.3 Å². The summed E-state index contributed by atoms with van der Waals surface area (Å²) in [5.41, 5.74) is 3.42. The van der Waals surface area contributed by atoms with E-state index in [2.05, 4.69) is 5.32 Å². The van der Waals surface area contributed by atoms with Gasteiger partial charge in [0.2, 0.25) is 5.91 Å². The van der Waals surface area contributed by atoms with Crippen molar-refractivity contribution in [3.8, 4) is 0 Å². The number of amides is 1. The molecule has 0 bridgehead atoms.